The van der Waals surface area contributed by atoms with Crippen LogP contribution in [0.1, 0.15) is 90.6 Å². The first-order valence-corrected chi connectivity index (χ1v) is 33.1. The van der Waals surface area contributed by atoms with Crippen molar-refractivity contribution < 1.29 is 58.1 Å². The highest BCUT2D eigenvalue weighted by Crippen LogP contribution is 2.39. The number of hydrogen-bond donors (Lipinski definition) is 12. The zero-order valence-electron chi connectivity index (χ0n) is 56.9. The summed E-state index contributed by atoms with van der Waals surface area (Å²) in [5, 5.41) is 43.5. The van der Waals surface area contributed by atoms with Gasteiger partial charge in [-0.2, -0.15) is 0 Å². The molecule has 9 aromatic carbocycles. The topological polar surface area (TPSA) is 338 Å². The molecular weight excluding hydrogens is 1290 g/mol. The lowest BCUT2D eigenvalue weighted by Crippen LogP contribution is -2.56. The number of anilines is 2. The van der Waals surface area contributed by atoms with Crippen molar-refractivity contribution >= 4 is 64.7 Å². The Morgan fingerprint density at radius 3 is 0.912 bits per heavy atom. The maximum Gasteiger partial charge on any atom is 0.408 e. The fourth-order valence-corrected chi connectivity index (χ4v) is 11.1. The molecular formula is C80H84N10O12. The van der Waals surface area contributed by atoms with Crippen LogP contribution in [0.5, 0.6) is 0 Å². The van der Waals surface area contributed by atoms with Crippen LogP contribution in [0.3, 0.4) is 0 Å². The van der Waals surface area contributed by atoms with Crippen molar-refractivity contribution in [3.8, 4) is 0 Å². The van der Waals surface area contributed by atoms with E-state index in [1.54, 1.807) is 60.7 Å². The first-order chi connectivity index (χ1) is 49.2. The number of rotatable bonds is 29. The minimum absolute atomic E-state index is 0.00555. The van der Waals surface area contributed by atoms with Gasteiger partial charge in [0.25, 0.3) is 0 Å². The highest BCUT2D eigenvalue weighted by molar-refractivity contribution is 6.02. The normalized spacial score (nSPS) is 12.8. The molecule has 0 saturated carbocycles. The Hall–Kier alpha value is -12.1. The van der Waals surface area contributed by atoms with Gasteiger partial charge in [-0.3, -0.25) is 38.4 Å². The van der Waals surface area contributed by atoms with E-state index < -0.39 is 114 Å². The number of amides is 9. The van der Waals surface area contributed by atoms with Gasteiger partial charge in [-0.15, -0.1) is 0 Å². The summed E-state index contributed by atoms with van der Waals surface area (Å²) in [6.07, 6.45) is -1.72. The standard InChI is InChI=1S/C44H45N5O7.C36H39N5O5/c1-30(45-40(52)31(2)46-43(55)56-29-33-15-7-3-8-16-33)41(53)48-38(42(54)47-37-25-23-32(28-50)24-26-37)27-39(51)49-44(34-17-9-4-10-18-34,35-19-11-5-12-20-35)36-21-13-6-14-22-36;1-24(37)33(44)38-25(2)34(45)40-31(35(46)39-30-20-18-26(23-42)19-21-30)22-32(43)41-36(27-12-6-3-7-13-27,28-14-8-4-9-15-28)29-16-10-5-11-17-29/h3-26,30-31,38,50H,27-29H2,1-2H3,(H,45,52)(H,46,55)(H,47,54)(H,48,53)(H,49,51);3-21,24-25,31,42H,22-23,37H2,1-2H3,(H,38,44)(H,39,46)(H,40,45)(H,41,43)/t30-,31-,38-;24-,25-,31-/m00/s1. The van der Waals surface area contributed by atoms with Crippen molar-refractivity contribution in [2.45, 2.75) is 108 Å². The zero-order valence-corrected chi connectivity index (χ0v) is 56.9. The van der Waals surface area contributed by atoms with Gasteiger partial charge in [0.05, 0.1) is 32.1 Å². The molecule has 0 aliphatic heterocycles. The lowest BCUT2D eigenvalue weighted by molar-refractivity contribution is -0.132. The Labute approximate surface area is 592 Å². The predicted octanol–water partition coefficient (Wildman–Crippen LogP) is 7.87. The van der Waals surface area contributed by atoms with Crippen LogP contribution >= 0.6 is 0 Å². The Balaban J connectivity index is 0.000000264. The van der Waals surface area contributed by atoms with Gasteiger partial charge >= 0.3 is 6.09 Å². The monoisotopic (exact) mass is 1380 g/mol. The van der Waals surface area contributed by atoms with Crippen molar-refractivity contribution in [3.63, 3.8) is 0 Å². The Morgan fingerprint density at radius 2 is 0.618 bits per heavy atom. The van der Waals surface area contributed by atoms with Crippen LogP contribution in [0.2, 0.25) is 0 Å². The van der Waals surface area contributed by atoms with Crippen molar-refractivity contribution in [1.29, 1.82) is 0 Å². The smallest absolute Gasteiger partial charge is 0.408 e. The summed E-state index contributed by atoms with van der Waals surface area (Å²) in [5.41, 5.74) is 10.8. The molecule has 9 rings (SSSR count). The summed E-state index contributed by atoms with van der Waals surface area (Å²) >= 11 is 0. The van der Waals surface area contributed by atoms with Gasteiger partial charge < -0.3 is 68.5 Å². The molecule has 22 heteroatoms. The van der Waals surface area contributed by atoms with Gasteiger partial charge in [-0.1, -0.05) is 237 Å². The van der Waals surface area contributed by atoms with Crippen LogP contribution in [0, 0.1) is 0 Å². The Morgan fingerprint density at radius 1 is 0.343 bits per heavy atom. The number of hydrogen-bond acceptors (Lipinski definition) is 13. The summed E-state index contributed by atoms with van der Waals surface area (Å²) in [6.45, 7) is 5.46. The highest BCUT2D eigenvalue weighted by Gasteiger charge is 2.41. The zero-order chi connectivity index (χ0) is 73.0. The molecule has 0 aliphatic carbocycles. The first-order valence-electron chi connectivity index (χ1n) is 33.1. The van der Waals surface area contributed by atoms with Gasteiger partial charge in [0.1, 0.15) is 47.9 Å². The lowest BCUT2D eigenvalue weighted by atomic mass is 9.77. The number of nitrogens with two attached hydrogens (primary N) is 1. The summed E-state index contributed by atoms with van der Waals surface area (Å²) < 4.78 is 5.19. The molecule has 0 unspecified atom stereocenters. The van der Waals surface area contributed by atoms with E-state index in [1.165, 1.54) is 27.7 Å². The van der Waals surface area contributed by atoms with Gasteiger partial charge in [0.15, 0.2) is 0 Å². The molecule has 102 heavy (non-hydrogen) atoms. The quantitative estimate of drug-likeness (QED) is 0.0199. The summed E-state index contributed by atoms with van der Waals surface area (Å²) in [6, 6.07) is 72.0. The molecule has 13 N–H and O–H groups in total. The minimum atomic E-state index is -1.40. The predicted molar refractivity (Wildman–Crippen MR) is 388 cm³/mol. The molecule has 526 valence electrons. The molecule has 0 radical (unpaired) electrons. The summed E-state index contributed by atoms with van der Waals surface area (Å²) in [5.74, 6) is -5.03. The average molecular weight is 1380 g/mol. The van der Waals surface area contributed by atoms with Crippen LogP contribution in [-0.2, 0) is 74.0 Å². The molecule has 0 spiro atoms. The van der Waals surface area contributed by atoms with Crippen molar-refractivity contribution in [2.75, 3.05) is 10.6 Å². The van der Waals surface area contributed by atoms with Gasteiger partial charge in [0, 0.05) is 11.4 Å². The molecule has 0 fully saturated rings. The number of carbonyl (C=O) groups is 9. The molecule has 6 atom stereocenters. The fourth-order valence-electron chi connectivity index (χ4n) is 11.1. The van der Waals surface area contributed by atoms with E-state index in [9.17, 15) is 53.4 Å². The maximum absolute atomic E-state index is 14.3. The number of carbonyl (C=O) groups excluding carboxylic acids is 9. The lowest BCUT2D eigenvalue weighted by Gasteiger charge is -2.37. The molecule has 0 heterocycles. The number of nitrogens with one attached hydrogen (secondary N) is 9. The Bertz CT molecular complexity index is 4030. The molecule has 0 aliphatic rings. The van der Waals surface area contributed by atoms with Gasteiger partial charge in [-0.25, -0.2) is 4.79 Å². The van der Waals surface area contributed by atoms with E-state index in [0.29, 0.717) is 22.5 Å². The SMILES string of the molecule is C[C@H](N)C(=O)N[C@@H](C)C(=O)N[C@@H](CC(=O)NC(c1ccccc1)(c1ccccc1)c1ccccc1)C(=O)Nc1ccc(CO)cc1.C[C@H](NC(=O)OCc1ccccc1)C(=O)N[C@@H](C)C(=O)N[C@@H](CC(=O)NC(c1ccccc1)(c1ccccc1)c1ccccc1)C(=O)Nc1ccc(CO)cc1. The number of aliphatic hydroxyl groups excluding tert-OH is 2. The third-order valence-corrected chi connectivity index (χ3v) is 16.6. The molecule has 0 saturated heterocycles. The van der Waals surface area contributed by atoms with Crippen molar-refractivity contribution in [3.05, 3.63) is 311 Å². The van der Waals surface area contributed by atoms with Crippen LogP contribution < -0.4 is 53.6 Å². The van der Waals surface area contributed by atoms with E-state index in [2.05, 4.69) is 47.9 Å². The second-order valence-corrected chi connectivity index (χ2v) is 24.2. The largest absolute Gasteiger partial charge is 0.445 e. The maximum atomic E-state index is 14.3. The Kier molecular flexibility index (Phi) is 27.6. The summed E-state index contributed by atoms with van der Waals surface area (Å²) in [4.78, 5) is 120. The second-order valence-electron chi connectivity index (χ2n) is 24.2. The summed E-state index contributed by atoms with van der Waals surface area (Å²) in [7, 11) is 0. The first kappa shape index (κ1) is 75.7. The number of aliphatic hydroxyl groups is 2. The van der Waals surface area contributed by atoms with Crippen molar-refractivity contribution in [1.82, 2.24) is 37.2 Å². The number of alkyl carbamates (subject to hydrolysis) is 1. The molecule has 9 amide bonds. The number of ether oxygens (including phenoxy) is 1. The van der Waals surface area contributed by atoms with E-state index >= 15 is 0 Å². The molecule has 22 nitrogen and oxygen atoms in total. The van der Waals surface area contributed by atoms with Crippen LogP contribution in [0.15, 0.2) is 261 Å². The molecule has 0 bridgehead atoms. The van der Waals surface area contributed by atoms with Crippen molar-refractivity contribution in [2.24, 2.45) is 5.73 Å². The average Bonchev–Trinajstić information content (AvgIpc) is 0.761. The molecule has 0 aromatic heterocycles. The van der Waals surface area contributed by atoms with E-state index in [4.69, 9.17) is 10.5 Å². The fraction of sp³-hybridized carbons (Fsp3) is 0.212. The van der Waals surface area contributed by atoms with Crippen LogP contribution in [0.4, 0.5) is 16.2 Å². The molecule has 9 aromatic rings. The third-order valence-electron chi connectivity index (χ3n) is 16.6. The van der Waals surface area contributed by atoms with Gasteiger partial charge in [-0.05, 0) is 102 Å². The second kappa shape index (κ2) is 37.2. The van der Waals surface area contributed by atoms with Crippen LogP contribution in [-0.4, -0.2) is 99.8 Å². The van der Waals surface area contributed by atoms with Gasteiger partial charge in [0.2, 0.25) is 47.3 Å². The number of benzene rings is 9. The third kappa shape index (κ3) is 20.7. The van der Waals surface area contributed by atoms with E-state index in [0.717, 1.165) is 38.9 Å². The van der Waals surface area contributed by atoms with E-state index in [-0.39, 0.29) is 19.8 Å². The minimum Gasteiger partial charge on any atom is -0.445 e. The van der Waals surface area contributed by atoms with E-state index in [1.807, 2.05) is 200 Å². The van der Waals surface area contributed by atoms with Crippen LogP contribution in [0.25, 0.3) is 0 Å². The highest BCUT2D eigenvalue weighted by atomic mass is 16.5.